The van der Waals surface area contributed by atoms with E-state index in [0.29, 0.717) is 13.1 Å². The molecule has 1 aliphatic rings. The Hall–Kier alpha value is -1.75. The highest BCUT2D eigenvalue weighted by Crippen LogP contribution is 2.27. The van der Waals surface area contributed by atoms with Gasteiger partial charge in [0.25, 0.3) is 0 Å². The second kappa shape index (κ2) is 7.01. The summed E-state index contributed by atoms with van der Waals surface area (Å²) in [5.74, 6) is 0. The Labute approximate surface area is 133 Å². The van der Waals surface area contributed by atoms with Crippen LogP contribution in [0.2, 0.25) is 0 Å². The first kappa shape index (κ1) is 16.6. The van der Waals surface area contributed by atoms with Gasteiger partial charge >= 0.3 is 6.03 Å². The van der Waals surface area contributed by atoms with Crippen molar-refractivity contribution in [2.45, 2.75) is 33.2 Å². The minimum atomic E-state index is -0.0514. The quantitative estimate of drug-likeness (QED) is 0.929. The van der Waals surface area contributed by atoms with Gasteiger partial charge in [0.15, 0.2) is 0 Å². The Balaban J connectivity index is 2.05. The van der Waals surface area contributed by atoms with Crippen LogP contribution in [0.5, 0.6) is 0 Å². The maximum Gasteiger partial charge on any atom is 0.321 e. The summed E-state index contributed by atoms with van der Waals surface area (Å²) < 4.78 is 5.56. The van der Waals surface area contributed by atoms with Crippen molar-refractivity contribution in [3.63, 3.8) is 0 Å². The van der Waals surface area contributed by atoms with Gasteiger partial charge in [-0.05, 0) is 52.0 Å². The summed E-state index contributed by atoms with van der Waals surface area (Å²) in [6.07, 6.45) is 0. The van der Waals surface area contributed by atoms with E-state index in [1.54, 1.807) is 4.90 Å². The van der Waals surface area contributed by atoms with Crippen molar-refractivity contribution in [3.8, 4) is 0 Å². The molecule has 1 N–H and O–H groups in total. The Kier molecular flexibility index (Phi) is 5.29. The van der Waals surface area contributed by atoms with Crippen LogP contribution in [0.15, 0.2) is 24.3 Å². The molecule has 2 rings (SSSR count). The topological polar surface area (TPSA) is 44.8 Å². The first-order chi connectivity index (χ1) is 10.5. The van der Waals surface area contributed by atoms with Crippen LogP contribution in [0, 0.1) is 0 Å². The predicted octanol–water partition coefficient (Wildman–Crippen LogP) is 3.18. The van der Waals surface area contributed by atoms with Crippen LogP contribution in [0.25, 0.3) is 0 Å². The lowest BCUT2D eigenvalue weighted by atomic mass is 10.0. The number of ether oxygens (including phenoxy) is 1. The van der Waals surface area contributed by atoms with Crippen LogP contribution >= 0.6 is 0 Å². The first-order valence-corrected chi connectivity index (χ1v) is 7.99. The summed E-state index contributed by atoms with van der Waals surface area (Å²) in [6.45, 7) is 12.1. The molecule has 1 saturated heterocycles. The number of urea groups is 1. The molecule has 22 heavy (non-hydrogen) atoms. The number of morpholine rings is 1. The monoisotopic (exact) mass is 305 g/mol. The molecular weight excluding hydrogens is 278 g/mol. The third-order valence-corrected chi connectivity index (χ3v) is 4.13. The molecule has 0 aliphatic carbocycles. The van der Waals surface area contributed by atoms with Crippen LogP contribution in [-0.4, -0.2) is 49.3 Å². The van der Waals surface area contributed by atoms with Gasteiger partial charge in [0.1, 0.15) is 0 Å². The maximum atomic E-state index is 12.1. The van der Waals surface area contributed by atoms with Gasteiger partial charge in [0, 0.05) is 31.0 Å². The summed E-state index contributed by atoms with van der Waals surface area (Å²) in [7, 11) is 0. The van der Waals surface area contributed by atoms with E-state index in [1.807, 2.05) is 26.0 Å². The fraction of sp³-hybridized carbons (Fsp3) is 0.588. The third-order valence-electron chi connectivity index (χ3n) is 4.13. The van der Waals surface area contributed by atoms with Crippen molar-refractivity contribution in [1.82, 2.24) is 4.90 Å². The Bertz CT molecular complexity index is 495. The summed E-state index contributed by atoms with van der Waals surface area (Å²) in [4.78, 5) is 16.2. The van der Waals surface area contributed by atoms with Crippen LogP contribution < -0.4 is 10.2 Å². The number of benzene rings is 1. The van der Waals surface area contributed by atoms with Crippen LogP contribution in [0.1, 0.15) is 27.7 Å². The second-order valence-electron chi connectivity index (χ2n) is 6.17. The highest BCUT2D eigenvalue weighted by Gasteiger charge is 2.30. The summed E-state index contributed by atoms with van der Waals surface area (Å²) in [6, 6.07) is 7.99. The molecule has 0 radical (unpaired) electrons. The normalized spacial score (nSPS) is 17.2. The van der Waals surface area contributed by atoms with Gasteiger partial charge in [-0.1, -0.05) is 0 Å². The molecule has 5 nitrogen and oxygen atoms in total. The van der Waals surface area contributed by atoms with E-state index in [2.05, 4.69) is 36.2 Å². The minimum absolute atomic E-state index is 0.00969. The summed E-state index contributed by atoms with van der Waals surface area (Å²) in [5.41, 5.74) is 1.98. The van der Waals surface area contributed by atoms with Crippen LogP contribution in [-0.2, 0) is 4.74 Å². The molecule has 0 spiro atoms. The number of hydrogen-bond acceptors (Lipinski definition) is 3. The largest absolute Gasteiger partial charge is 0.377 e. The molecule has 0 unspecified atom stereocenters. The van der Waals surface area contributed by atoms with Crippen molar-refractivity contribution in [2.24, 2.45) is 0 Å². The molecule has 1 aliphatic heterocycles. The Morgan fingerprint density at radius 1 is 1.27 bits per heavy atom. The zero-order valence-electron chi connectivity index (χ0n) is 14.1. The highest BCUT2D eigenvalue weighted by molar-refractivity contribution is 5.89. The van der Waals surface area contributed by atoms with Gasteiger partial charge in [-0.25, -0.2) is 4.79 Å². The molecule has 122 valence electrons. The van der Waals surface area contributed by atoms with Crippen molar-refractivity contribution in [2.75, 3.05) is 43.1 Å². The fourth-order valence-electron chi connectivity index (χ4n) is 2.78. The number of nitrogens with one attached hydrogen (secondary N) is 1. The molecular formula is C17H27N3O2. The Morgan fingerprint density at radius 3 is 2.45 bits per heavy atom. The maximum absolute atomic E-state index is 12.1. The molecule has 0 bridgehead atoms. The van der Waals surface area contributed by atoms with Gasteiger partial charge in [-0.2, -0.15) is 0 Å². The number of carbonyl (C=O) groups excluding carboxylic acids is 1. The van der Waals surface area contributed by atoms with Crippen LogP contribution in [0.4, 0.5) is 16.2 Å². The number of anilines is 2. The zero-order chi connectivity index (χ0) is 16.2. The van der Waals surface area contributed by atoms with Crippen molar-refractivity contribution in [3.05, 3.63) is 24.3 Å². The van der Waals surface area contributed by atoms with E-state index < -0.39 is 0 Å². The number of nitrogens with zero attached hydrogens (tertiary/aromatic N) is 2. The molecule has 1 aromatic carbocycles. The smallest absolute Gasteiger partial charge is 0.321 e. The van der Waals surface area contributed by atoms with Crippen molar-refractivity contribution in [1.29, 1.82) is 0 Å². The first-order valence-electron chi connectivity index (χ1n) is 7.99. The predicted molar refractivity (Wildman–Crippen MR) is 90.6 cm³/mol. The zero-order valence-corrected chi connectivity index (χ0v) is 14.1. The second-order valence-corrected chi connectivity index (χ2v) is 6.17. The van der Waals surface area contributed by atoms with E-state index in [0.717, 1.165) is 31.1 Å². The molecule has 2 amide bonds. The molecule has 0 atom stereocenters. The molecule has 5 heteroatoms. The fourth-order valence-corrected chi connectivity index (χ4v) is 2.78. The highest BCUT2D eigenvalue weighted by atomic mass is 16.5. The van der Waals surface area contributed by atoms with E-state index in [9.17, 15) is 4.79 Å². The lowest BCUT2D eigenvalue weighted by Crippen LogP contribution is -2.53. The lowest BCUT2D eigenvalue weighted by molar-refractivity contribution is 0.0644. The van der Waals surface area contributed by atoms with Crippen LogP contribution in [0.3, 0.4) is 0 Å². The third kappa shape index (κ3) is 3.71. The van der Waals surface area contributed by atoms with Gasteiger partial charge in [0.2, 0.25) is 0 Å². The molecule has 1 aromatic rings. The molecule has 0 saturated carbocycles. The number of carbonyl (C=O) groups is 1. The average Bonchev–Trinajstić information content (AvgIpc) is 2.49. The minimum Gasteiger partial charge on any atom is -0.377 e. The Morgan fingerprint density at radius 2 is 1.91 bits per heavy atom. The van der Waals surface area contributed by atoms with E-state index in [4.69, 9.17) is 4.74 Å². The SMILES string of the molecule is CCN(CC)C(=O)Nc1ccc(N2CCOCC2(C)C)cc1. The average molecular weight is 305 g/mol. The number of amides is 2. The van der Waals surface area contributed by atoms with Crippen molar-refractivity contribution >= 4 is 17.4 Å². The van der Waals surface area contributed by atoms with Gasteiger partial charge < -0.3 is 19.9 Å². The molecule has 1 heterocycles. The summed E-state index contributed by atoms with van der Waals surface area (Å²) in [5, 5.41) is 2.94. The van der Waals surface area contributed by atoms with Gasteiger partial charge in [-0.15, -0.1) is 0 Å². The van der Waals surface area contributed by atoms with Gasteiger partial charge in [0.05, 0.1) is 18.8 Å². The van der Waals surface area contributed by atoms with Gasteiger partial charge in [-0.3, -0.25) is 0 Å². The standard InChI is InChI=1S/C17H27N3O2/c1-5-19(6-2)16(21)18-14-7-9-15(10-8-14)20-11-12-22-13-17(20,3)4/h7-10H,5-6,11-13H2,1-4H3,(H,18,21). The summed E-state index contributed by atoms with van der Waals surface area (Å²) >= 11 is 0. The van der Waals surface area contributed by atoms with E-state index >= 15 is 0 Å². The molecule has 0 aromatic heterocycles. The lowest BCUT2D eigenvalue weighted by Gasteiger charge is -2.43. The number of hydrogen-bond donors (Lipinski definition) is 1. The van der Waals surface area contributed by atoms with E-state index in [1.165, 1.54) is 0 Å². The number of rotatable bonds is 4. The van der Waals surface area contributed by atoms with E-state index in [-0.39, 0.29) is 11.6 Å². The van der Waals surface area contributed by atoms with Crippen molar-refractivity contribution < 1.29 is 9.53 Å². The molecule has 1 fully saturated rings.